The fourth-order valence-electron chi connectivity index (χ4n) is 3.12. The van der Waals surface area contributed by atoms with E-state index in [0.717, 1.165) is 9.13 Å². The number of ether oxygens (including phenoxy) is 3. The van der Waals surface area contributed by atoms with E-state index in [0.29, 0.717) is 17.8 Å². The fraction of sp³-hybridized carbons (Fsp3) is 0.455. The fourth-order valence-corrected chi connectivity index (χ4v) is 3.12. The normalized spacial score (nSPS) is 12.9. The van der Waals surface area contributed by atoms with Gasteiger partial charge in [-0.15, -0.1) is 0 Å². The van der Waals surface area contributed by atoms with Crippen LogP contribution in [0.25, 0.3) is 11.2 Å². The summed E-state index contributed by atoms with van der Waals surface area (Å²) in [5.41, 5.74) is -0.861. The average Bonchev–Trinajstić information content (AvgIpc) is 3.56. The lowest BCUT2D eigenvalue weighted by atomic mass is 10.3. The second kappa shape index (κ2) is 12.6. The summed E-state index contributed by atoms with van der Waals surface area (Å²) in [5.74, 6) is -0.432. The van der Waals surface area contributed by atoms with Crippen LogP contribution < -0.4 is 22.5 Å². The van der Waals surface area contributed by atoms with Crippen molar-refractivity contribution in [3.63, 3.8) is 0 Å². The monoisotopic (exact) mass is 535 g/mol. The number of fused-ring (bicyclic) bond motifs is 2. The molecule has 1 aliphatic rings. The summed E-state index contributed by atoms with van der Waals surface area (Å²) in [6, 6.07) is -0.696. The summed E-state index contributed by atoms with van der Waals surface area (Å²) in [6.45, 7) is 3.21. The smallest absolute Gasteiger partial charge is 0.334 e. The lowest BCUT2D eigenvalue weighted by Gasteiger charge is -2.11. The first kappa shape index (κ1) is 29.6. The minimum atomic E-state index is -0.696. The highest BCUT2D eigenvalue weighted by Crippen LogP contribution is 2.14. The Bertz CT molecular complexity index is 1590. The van der Waals surface area contributed by atoms with Gasteiger partial charge >= 0.3 is 23.3 Å². The van der Waals surface area contributed by atoms with Crippen LogP contribution in [0.1, 0.15) is 25.5 Å². The zero-order chi connectivity index (χ0) is 28.7. The van der Waals surface area contributed by atoms with Gasteiger partial charge in [-0.05, 0) is 13.8 Å². The van der Waals surface area contributed by atoms with Crippen molar-refractivity contribution < 1.29 is 23.8 Å². The van der Waals surface area contributed by atoms with Crippen molar-refractivity contribution in [2.24, 2.45) is 19.1 Å². The molecule has 206 valence electrons. The van der Waals surface area contributed by atoms with Crippen LogP contribution in [0.4, 0.5) is 5.82 Å². The number of hydrogen-bond acceptors (Lipinski definition) is 11. The predicted octanol–water partition coefficient (Wildman–Crippen LogP) is -1.32. The number of H-pyrrole nitrogens is 2. The van der Waals surface area contributed by atoms with E-state index in [9.17, 15) is 28.8 Å². The van der Waals surface area contributed by atoms with Crippen LogP contribution in [0.5, 0.6) is 0 Å². The second-order valence-corrected chi connectivity index (χ2v) is 7.88. The van der Waals surface area contributed by atoms with E-state index in [-0.39, 0.29) is 22.7 Å². The highest BCUT2D eigenvalue weighted by molar-refractivity contribution is 5.78. The standard InChI is InChI=1S/C10H12N4O4.C7H7N3O2.C5H10O3/c1-5(9(16)18-3)14-4-11-7-6(14)8(15)13(2)10(17)12-7;1-10-6(11)4-2-3-8-5(4)9-7(10)12;1-4(7-2)5(6)8-3/h4-5H,1-3H3,(H,12,17);3H,2H2,1H3,(H,9,12);4H,1-3H3/t5-;;4-/m0.1/s1. The Morgan fingerprint density at radius 2 is 1.50 bits per heavy atom. The van der Waals surface area contributed by atoms with Gasteiger partial charge in [0.1, 0.15) is 11.9 Å². The van der Waals surface area contributed by atoms with Crippen LogP contribution in [-0.4, -0.2) is 74.2 Å². The molecule has 3 aromatic heterocycles. The number of hydrogen-bond donors (Lipinski definition) is 2. The molecule has 16 nitrogen and oxygen atoms in total. The van der Waals surface area contributed by atoms with Crippen LogP contribution in [0.3, 0.4) is 0 Å². The lowest BCUT2D eigenvalue weighted by Crippen LogP contribution is -2.34. The molecule has 38 heavy (non-hydrogen) atoms. The third kappa shape index (κ3) is 6.20. The molecule has 0 spiro atoms. The first-order valence-corrected chi connectivity index (χ1v) is 11.1. The minimum absolute atomic E-state index is 0.152. The highest BCUT2D eigenvalue weighted by atomic mass is 16.6. The number of imidazole rings is 1. The first-order chi connectivity index (χ1) is 17.9. The molecule has 4 rings (SSSR count). The molecule has 0 aliphatic carbocycles. The quantitative estimate of drug-likeness (QED) is 0.377. The third-order valence-electron chi connectivity index (χ3n) is 5.57. The molecular formula is C22H29N7O9. The lowest BCUT2D eigenvalue weighted by molar-refractivity contribution is -0.151. The topological polar surface area (TPSA) is 202 Å². The number of nitrogens with zero attached hydrogens (tertiary/aromatic N) is 5. The van der Waals surface area contributed by atoms with E-state index < -0.39 is 35.1 Å². The summed E-state index contributed by atoms with van der Waals surface area (Å²) in [5, 5.41) is 0. The van der Waals surface area contributed by atoms with Gasteiger partial charge in [0.25, 0.3) is 11.1 Å². The van der Waals surface area contributed by atoms with Gasteiger partial charge in [-0.2, -0.15) is 0 Å². The minimum Gasteiger partial charge on any atom is -0.467 e. The van der Waals surface area contributed by atoms with Crippen molar-refractivity contribution in [1.82, 2.24) is 28.7 Å². The number of carbonyl (C=O) groups excluding carboxylic acids is 2. The number of aromatic nitrogens is 6. The molecule has 16 heteroatoms. The molecule has 4 heterocycles. The van der Waals surface area contributed by atoms with E-state index in [1.165, 1.54) is 46.3 Å². The van der Waals surface area contributed by atoms with Crippen molar-refractivity contribution in [1.29, 1.82) is 0 Å². The van der Waals surface area contributed by atoms with Crippen LogP contribution in [0.2, 0.25) is 0 Å². The van der Waals surface area contributed by atoms with Crippen LogP contribution >= 0.6 is 0 Å². The van der Waals surface area contributed by atoms with Gasteiger partial charge in [-0.3, -0.25) is 28.7 Å². The zero-order valence-electron chi connectivity index (χ0n) is 21.9. The Balaban J connectivity index is 0.000000219. The van der Waals surface area contributed by atoms with Crippen LogP contribution in [0, 0.1) is 0 Å². The van der Waals surface area contributed by atoms with Gasteiger partial charge in [0, 0.05) is 33.8 Å². The second-order valence-electron chi connectivity index (χ2n) is 7.88. The number of carbonyl (C=O) groups is 2. The molecular weight excluding hydrogens is 506 g/mol. The largest absolute Gasteiger partial charge is 0.467 e. The van der Waals surface area contributed by atoms with Crippen molar-refractivity contribution in [3.8, 4) is 0 Å². The van der Waals surface area contributed by atoms with E-state index in [4.69, 9.17) is 0 Å². The molecule has 0 saturated carbocycles. The molecule has 0 saturated heterocycles. The van der Waals surface area contributed by atoms with E-state index in [2.05, 4.69) is 34.2 Å². The molecule has 3 aromatic rings. The summed E-state index contributed by atoms with van der Waals surface area (Å²) in [7, 11) is 6.85. The Hall–Kier alpha value is -4.60. The molecule has 0 bridgehead atoms. The van der Waals surface area contributed by atoms with Gasteiger partial charge in [0.2, 0.25) is 0 Å². The summed E-state index contributed by atoms with van der Waals surface area (Å²) in [4.78, 5) is 80.3. The van der Waals surface area contributed by atoms with Crippen LogP contribution in [-0.2, 0) is 44.3 Å². The summed E-state index contributed by atoms with van der Waals surface area (Å²) < 4.78 is 16.9. The number of nitrogens with one attached hydrogen (secondary N) is 2. The van der Waals surface area contributed by atoms with Crippen LogP contribution in [0.15, 0.2) is 30.5 Å². The maximum absolute atomic E-state index is 12.0. The number of aromatic amines is 2. The van der Waals surface area contributed by atoms with E-state index in [1.807, 2.05) is 0 Å². The number of methoxy groups -OCH3 is 3. The van der Waals surface area contributed by atoms with Crippen molar-refractivity contribution in [3.05, 3.63) is 53.6 Å². The third-order valence-corrected chi connectivity index (χ3v) is 5.57. The molecule has 0 radical (unpaired) electrons. The molecule has 2 atom stereocenters. The predicted molar refractivity (Wildman–Crippen MR) is 135 cm³/mol. The Morgan fingerprint density at radius 1 is 0.921 bits per heavy atom. The van der Waals surface area contributed by atoms with Crippen molar-refractivity contribution in [2.75, 3.05) is 21.3 Å². The van der Waals surface area contributed by atoms with E-state index >= 15 is 0 Å². The summed E-state index contributed by atoms with van der Waals surface area (Å²) >= 11 is 0. The molecule has 0 fully saturated rings. The number of rotatable bonds is 4. The number of aliphatic imine (C=N–C) groups is 1. The Kier molecular flexibility index (Phi) is 9.81. The first-order valence-electron chi connectivity index (χ1n) is 11.1. The van der Waals surface area contributed by atoms with Crippen molar-refractivity contribution >= 4 is 35.1 Å². The maximum Gasteiger partial charge on any atom is 0.334 e. The maximum atomic E-state index is 12.0. The average molecular weight is 536 g/mol. The molecule has 0 unspecified atom stereocenters. The van der Waals surface area contributed by atoms with Gasteiger partial charge in [-0.25, -0.2) is 29.2 Å². The van der Waals surface area contributed by atoms with Gasteiger partial charge in [0.15, 0.2) is 17.3 Å². The van der Waals surface area contributed by atoms with Gasteiger partial charge < -0.3 is 18.8 Å². The number of esters is 2. The molecule has 0 amide bonds. The molecule has 0 aromatic carbocycles. The zero-order valence-corrected chi connectivity index (χ0v) is 21.9. The van der Waals surface area contributed by atoms with Gasteiger partial charge in [0.05, 0.1) is 26.1 Å². The Labute approximate surface area is 214 Å². The van der Waals surface area contributed by atoms with E-state index in [1.54, 1.807) is 20.1 Å². The summed E-state index contributed by atoms with van der Waals surface area (Å²) in [6.07, 6.45) is 3.00. The molecule has 2 N–H and O–H groups in total. The molecule has 1 aliphatic heterocycles. The van der Waals surface area contributed by atoms with Crippen molar-refractivity contribution in [2.45, 2.75) is 32.4 Å². The van der Waals surface area contributed by atoms with Gasteiger partial charge in [-0.1, -0.05) is 0 Å². The Morgan fingerprint density at radius 3 is 2.05 bits per heavy atom. The SMILES string of the molecule is COC(=O)[C@@H](C)OC.COC(=O)[C@H](C)n1cnc2[nH]c(=O)n(C)c(=O)c21.Cn1c(=O)[nH]c2c(c1=O)CC=N2. The highest BCUT2D eigenvalue weighted by Gasteiger charge is 2.20.